The molecule has 0 spiro atoms. The van der Waals surface area contributed by atoms with Gasteiger partial charge < -0.3 is 19.9 Å². The number of ether oxygens (including phenoxy) is 1. The third-order valence-electron chi connectivity index (χ3n) is 7.09. The van der Waals surface area contributed by atoms with Crippen LogP contribution in [0.15, 0.2) is 85.1 Å². The molecule has 5 heteroatoms. The van der Waals surface area contributed by atoms with Crippen molar-refractivity contribution in [3.63, 3.8) is 0 Å². The lowest BCUT2D eigenvalue weighted by Crippen LogP contribution is -2.38. The van der Waals surface area contributed by atoms with Crippen molar-refractivity contribution in [2.75, 3.05) is 26.2 Å². The number of aromatic amines is 1. The first-order chi connectivity index (χ1) is 17.8. The maximum Gasteiger partial charge on any atom is 0.220 e. The van der Waals surface area contributed by atoms with Crippen LogP contribution in [0.4, 0.5) is 0 Å². The number of para-hydroxylation sites is 1. The van der Waals surface area contributed by atoms with E-state index in [2.05, 4.69) is 57.7 Å². The lowest BCUT2D eigenvalue weighted by molar-refractivity contribution is -0.121. The maximum absolute atomic E-state index is 13.1. The average molecular weight is 482 g/mol. The van der Waals surface area contributed by atoms with Gasteiger partial charge in [0.15, 0.2) is 0 Å². The fourth-order valence-electron chi connectivity index (χ4n) is 5.15. The highest BCUT2D eigenvalue weighted by Gasteiger charge is 2.22. The molecule has 2 heterocycles. The number of rotatable bonds is 10. The van der Waals surface area contributed by atoms with E-state index in [9.17, 15) is 4.79 Å². The second-order valence-corrected chi connectivity index (χ2v) is 9.65. The molecule has 0 bridgehead atoms. The summed E-state index contributed by atoms with van der Waals surface area (Å²) in [5.41, 5.74) is 4.43. The summed E-state index contributed by atoms with van der Waals surface area (Å²) >= 11 is 0. The zero-order valence-electron chi connectivity index (χ0n) is 20.8. The van der Waals surface area contributed by atoms with Crippen LogP contribution in [0.3, 0.4) is 0 Å². The molecule has 36 heavy (non-hydrogen) atoms. The number of hydrogen-bond acceptors (Lipinski definition) is 3. The van der Waals surface area contributed by atoms with Crippen molar-refractivity contribution in [1.82, 2.24) is 15.2 Å². The highest BCUT2D eigenvalue weighted by Crippen LogP contribution is 2.35. The smallest absolute Gasteiger partial charge is 0.220 e. The normalized spacial score (nSPS) is 15.0. The van der Waals surface area contributed by atoms with Crippen LogP contribution in [0, 0.1) is 0 Å². The van der Waals surface area contributed by atoms with Gasteiger partial charge in [-0.2, -0.15) is 0 Å². The number of carbonyl (C=O) groups excluding carboxylic acids is 1. The molecule has 1 aliphatic rings. The number of benzene rings is 3. The summed E-state index contributed by atoms with van der Waals surface area (Å²) in [5.74, 6) is 0.820. The van der Waals surface area contributed by atoms with Gasteiger partial charge in [0, 0.05) is 42.5 Å². The van der Waals surface area contributed by atoms with E-state index in [1.165, 1.54) is 19.3 Å². The average Bonchev–Trinajstić information content (AvgIpc) is 3.36. The van der Waals surface area contributed by atoms with Gasteiger partial charge in [0.1, 0.15) is 12.4 Å². The van der Waals surface area contributed by atoms with Gasteiger partial charge in [0.2, 0.25) is 5.91 Å². The molecular formula is C31H35N3O2. The molecule has 186 valence electrons. The summed E-state index contributed by atoms with van der Waals surface area (Å²) in [6.07, 6.45) is 6.29. The largest absolute Gasteiger partial charge is 0.489 e. The van der Waals surface area contributed by atoms with Crippen LogP contribution in [0.5, 0.6) is 5.75 Å². The molecule has 5 rings (SSSR count). The molecule has 0 aliphatic carbocycles. The molecule has 1 atom stereocenters. The van der Waals surface area contributed by atoms with Crippen molar-refractivity contribution in [1.29, 1.82) is 0 Å². The second kappa shape index (κ2) is 11.9. The van der Waals surface area contributed by atoms with Gasteiger partial charge in [0.25, 0.3) is 0 Å². The number of piperidine rings is 1. The second-order valence-electron chi connectivity index (χ2n) is 9.65. The fourth-order valence-corrected chi connectivity index (χ4v) is 5.15. The summed E-state index contributed by atoms with van der Waals surface area (Å²) in [6.45, 7) is 4.41. The number of H-pyrrole nitrogens is 1. The molecule has 1 fully saturated rings. The van der Waals surface area contributed by atoms with Crippen molar-refractivity contribution in [2.45, 2.75) is 38.2 Å². The van der Waals surface area contributed by atoms with Crippen LogP contribution in [0.1, 0.15) is 48.3 Å². The standard InChI is InChI=1S/C31H35N3O2/c35-31(32-16-19-34-17-7-2-8-18-34)21-28(29-22-33-30-15-6-5-14-27(29)30)25-12-9-13-26(20-25)36-23-24-10-3-1-4-11-24/h1,3-6,9-15,20,22,28,33H,2,7-8,16-19,21,23H2,(H,32,35). The predicted molar refractivity (Wildman–Crippen MR) is 145 cm³/mol. The third-order valence-corrected chi connectivity index (χ3v) is 7.09. The van der Waals surface area contributed by atoms with Crippen LogP contribution >= 0.6 is 0 Å². The quantitative estimate of drug-likeness (QED) is 0.298. The molecule has 3 aromatic carbocycles. The van der Waals surface area contributed by atoms with Gasteiger partial charge in [-0.15, -0.1) is 0 Å². The van der Waals surface area contributed by atoms with Crippen LogP contribution in [-0.2, 0) is 11.4 Å². The maximum atomic E-state index is 13.1. The first-order valence-corrected chi connectivity index (χ1v) is 13.1. The Morgan fingerprint density at radius 1 is 0.944 bits per heavy atom. The van der Waals surface area contributed by atoms with E-state index in [1.54, 1.807) is 0 Å². The van der Waals surface area contributed by atoms with Crippen LogP contribution in [0.2, 0.25) is 0 Å². The van der Waals surface area contributed by atoms with E-state index >= 15 is 0 Å². The fraction of sp³-hybridized carbons (Fsp3) is 0.323. The van der Waals surface area contributed by atoms with Gasteiger partial charge in [-0.1, -0.05) is 67.1 Å². The lowest BCUT2D eigenvalue weighted by Gasteiger charge is -2.26. The Morgan fingerprint density at radius 2 is 1.75 bits per heavy atom. The predicted octanol–water partition coefficient (Wildman–Crippen LogP) is 5.87. The summed E-state index contributed by atoms with van der Waals surface area (Å²) in [4.78, 5) is 19.0. The van der Waals surface area contributed by atoms with E-state index in [1.807, 2.05) is 42.6 Å². The monoisotopic (exact) mass is 481 g/mol. The number of nitrogens with one attached hydrogen (secondary N) is 2. The van der Waals surface area contributed by atoms with Crippen molar-refractivity contribution >= 4 is 16.8 Å². The Bertz CT molecular complexity index is 1260. The number of likely N-dealkylation sites (tertiary alicyclic amines) is 1. The van der Waals surface area contributed by atoms with Gasteiger partial charge in [-0.25, -0.2) is 0 Å². The minimum absolute atomic E-state index is 0.0728. The molecule has 4 aromatic rings. The Hall–Kier alpha value is -3.57. The van der Waals surface area contributed by atoms with Gasteiger partial charge in [-0.3, -0.25) is 4.79 Å². The van der Waals surface area contributed by atoms with Crippen LogP contribution in [-0.4, -0.2) is 42.0 Å². The third kappa shape index (κ3) is 6.16. The van der Waals surface area contributed by atoms with Crippen molar-refractivity contribution in [2.24, 2.45) is 0 Å². The molecule has 1 saturated heterocycles. The molecule has 1 amide bonds. The summed E-state index contributed by atoms with van der Waals surface area (Å²) in [7, 11) is 0. The summed E-state index contributed by atoms with van der Waals surface area (Å²) < 4.78 is 6.11. The zero-order chi connectivity index (χ0) is 24.6. The van der Waals surface area contributed by atoms with Gasteiger partial charge in [0.05, 0.1) is 0 Å². The number of nitrogens with zero attached hydrogens (tertiary/aromatic N) is 1. The lowest BCUT2D eigenvalue weighted by atomic mass is 9.88. The molecule has 1 unspecified atom stereocenters. The number of amides is 1. The summed E-state index contributed by atoms with van der Waals surface area (Å²) in [5, 5.41) is 4.33. The Balaban J connectivity index is 1.32. The van der Waals surface area contributed by atoms with Gasteiger partial charge >= 0.3 is 0 Å². The molecule has 2 N–H and O–H groups in total. The number of fused-ring (bicyclic) bond motifs is 1. The number of carbonyl (C=O) groups is 1. The Kier molecular flexibility index (Phi) is 7.99. The molecular weight excluding hydrogens is 446 g/mol. The van der Waals surface area contributed by atoms with Crippen molar-refractivity contribution < 1.29 is 9.53 Å². The Morgan fingerprint density at radius 3 is 2.61 bits per heavy atom. The molecule has 5 nitrogen and oxygen atoms in total. The van der Waals surface area contributed by atoms with E-state index in [0.29, 0.717) is 19.6 Å². The van der Waals surface area contributed by atoms with E-state index in [-0.39, 0.29) is 11.8 Å². The van der Waals surface area contributed by atoms with E-state index in [0.717, 1.165) is 53.0 Å². The molecule has 1 aliphatic heterocycles. The zero-order valence-corrected chi connectivity index (χ0v) is 20.8. The Labute approximate surface area is 213 Å². The molecule has 1 aromatic heterocycles. The SMILES string of the molecule is O=C(CC(c1cccc(OCc2ccccc2)c1)c1c[nH]c2ccccc12)NCCN1CCCCC1. The minimum atomic E-state index is -0.0728. The first-order valence-electron chi connectivity index (χ1n) is 13.1. The summed E-state index contributed by atoms with van der Waals surface area (Å²) in [6, 6.07) is 26.6. The van der Waals surface area contributed by atoms with Crippen LogP contribution in [0.25, 0.3) is 10.9 Å². The first kappa shape index (κ1) is 24.1. The number of aromatic nitrogens is 1. The van der Waals surface area contributed by atoms with Crippen molar-refractivity contribution in [3.8, 4) is 5.75 Å². The highest BCUT2D eigenvalue weighted by molar-refractivity contribution is 5.86. The topological polar surface area (TPSA) is 57.4 Å². The van der Waals surface area contributed by atoms with E-state index < -0.39 is 0 Å². The van der Waals surface area contributed by atoms with Crippen molar-refractivity contribution in [3.05, 3.63) is 102 Å². The van der Waals surface area contributed by atoms with Crippen LogP contribution < -0.4 is 10.1 Å². The minimum Gasteiger partial charge on any atom is -0.489 e. The van der Waals surface area contributed by atoms with Gasteiger partial charge in [-0.05, 0) is 60.8 Å². The highest BCUT2D eigenvalue weighted by atomic mass is 16.5. The number of hydrogen-bond donors (Lipinski definition) is 2. The molecule has 0 radical (unpaired) electrons. The molecule has 0 saturated carbocycles. The van der Waals surface area contributed by atoms with E-state index in [4.69, 9.17) is 4.74 Å².